The summed E-state index contributed by atoms with van der Waals surface area (Å²) in [6, 6.07) is 21.3. The average Bonchev–Trinajstić information content (AvgIpc) is 3.08. The van der Waals surface area contributed by atoms with Crippen molar-refractivity contribution in [1.29, 1.82) is 0 Å². The van der Waals surface area contributed by atoms with Crippen molar-refractivity contribution >= 4 is 28.8 Å². The first-order valence-corrected chi connectivity index (χ1v) is 10.1. The Morgan fingerprint density at radius 1 is 0.844 bits per heavy atom. The first-order valence-electron chi connectivity index (χ1n) is 10.1. The number of methoxy groups -OCH3 is 1. The van der Waals surface area contributed by atoms with E-state index in [-0.39, 0.29) is 5.70 Å². The first-order chi connectivity index (χ1) is 15.7. The number of nitrogens with one attached hydrogen (secondary N) is 1. The molecule has 3 aromatic carbocycles. The van der Waals surface area contributed by atoms with Gasteiger partial charge in [0.1, 0.15) is 24.7 Å². The van der Waals surface area contributed by atoms with Crippen LogP contribution in [-0.4, -0.2) is 32.1 Å². The Balaban J connectivity index is 1.55. The van der Waals surface area contributed by atoms with Gasteiger partial charge in [0.25, 0.3) is 11.8 Å². The maximum Gasteiger partial charge on any atom is 0.282 e. The molecule has 2 amide bonds. The van der Waals surface area contributed by atoms with Crippen LogP contribution >= 0.6 is 0 Å². The molecule has 1 N–H and O–H groups in total. The molecule has 7 heteroatoms. The maximum absolute atomic E-state index is 13.4. The Labute approximate surface area is 184 Å². The van der Waals surface area contributed by atoms with Crippen LogP contribution in [0.1, 0.15) is 5.56 Å². The van der Waals surface area contributed by atoms with Gasteiger partial charge in [0.2, 0.25) is 0 Å². The molecule has 5 rings (SSSR count). The van der Waals surface area contributed by atoms with Crippen molar-refractivity contribution in [2.45, 2.75) is 0 Å². The van der Waals surface area contributed by atoms with Gasteiger partial charge in [-0.3, -0.25) is 9.59 Å². The van der Waals surface area contributed by atoms with Crippen LogP contribution in [0.4, 0.5) is 11.4 Å². The predicted octanol–water partition coefficient (Wildman–Crippen LogP) is 3.86. The van der Waals surface area contributed by atoms with Crippen molar-refractivity contribution < 1.29 is 23.8 Å². The molecule has 0 aromatic heterocycles. The van der Waals surface area contributed by atoms with Crippen molar-refractivity contribution in [3.05, 3.63) is 84.1 Å². The number of nitrogens with zero attached hydrogens (tertiary/aromatic N) is 1. The number of carbonyl (C=O) groups is 2. The van der Waals surface area contributed by atoms with Crippen molar-refractivity contribution in [2.24, 2.45) is 0 Å². The third kappa shape index (κ3) is 3.43. The zero-order valence-electron chi connectivity index (χ0n) is 17.3. The molecule has 0 bridgehead atoms. The van der Waals surface area contributed by atoms with Crippen LogP contribution in [0.5, 0.6) is 17.2 Å². The molecule has 7 nitrogen and oxygen atoms in total. The minimum absolute atomic E-state index is 0.202. The molecule has 0 aliphatic carbocycles. The van der Waals surface area contributed by atoms with Gasteiger partial charge in [-0.25, -0.2) is 4.90 Å². The van der Waals surface area contributed by atoms with Gasteiger partial charge in [-0.05, 0) is 42.0 Å². The number of imide groups is 1. The van der Waals surface area contributed by atoms with Crippen molar-refractivity contribution in [3.63, 3.8) is 0 Å². The Kier molecular flexibility index (Phi) is 4.99. The lowest BCUT2D eigenvalue weighted by Crippen LogP contribution is -2.32. The molecule has 32 heavy (non-hydrogen) atoms. The summed E-state index contributed by atoms with van der Waals surface area (Å²) in [7, 11) is 1.56. The zero-order chi connectivity index (χ0) is 22.1. The molecule has 0 atom stereocenters. The second-order valence-corrected chi connectivity index (χ2v) is 7.24. The summed E-state index contributed by atoms with van der Waals surface area (Å²) < 4.78 is 16.4. The number of hydrogen-bond donors (Lipinski definition) is 1. The summed E-state index contributed by atoms with van der Waals surface area (Å²) in [5, 5.41) is 3.15. The lowest BCUT2D eigenvalue weighted by Gasteiger charge is -2.19. The van der Waals surface area contributed by atoms with E-state index in [1.54, 1.807) is 49.6 Å². The number of carbonyl (C=O) groups excluding carboxylic acids is 2. The number of ether oxygens (including phenoxy) is 3. The molecule has 3 aromatic rings. The van der Waals surface area contributed by atoms with E-state index in [1.165, 1.54) is 4.90 Å². The highest BCUT2D eigenvalue weighted by Crippen LogP contribution is 2.37. The van der Waals surface area contributed by atoms with E-state index in [9.17, 15) is 9.59 Å². The standard InChI is InChI=1S/C25H20N2O5/c1-30-19-10-8-18(9-11-19)27-24(28)22(16-5-3-2-4-6-16)23(25(27)29)26-17-7-12-20-21(15-17)32-14-13-31-20/h2-12,15,26H,13-14H2,1H3. The number of hydrogen-bond acceptors (Lipinski definition) is 6. The number of amides is 2. The molecule has 2 heterocycles. The van der Waals surface area contributed by atoms with Gasteiger partial charge in [0.15, 0.2) is 11.5 Å². The normalized spacial score (nSPS) is 15.2. The van der Waals surface area contributed by atoms with Gasteiger partial charge in [0.05, 0.1) is 18.4 Å². The number of benzene rings is 3. The molecule has 160 valence electrons. The van der Waals surface area contributed by atoms with Gasteiger partial charge < -0.3 is 19.5 Å². The van der Waals surface area contributed by atoms with Crippen LogP contribution in [0.15, 0.2) is 78.5 Å². The summed E-state index contributed by atoms with van der Waals surface area (Å²) in [6.07, 6.45) is 0. The lowest BCUT2D eigenvalue weighted by atomic mass is 10.0. The molecule has 0 unspecified atom stereocenters. The van der Waals surface area contributed by atoms with Crippen molar-refractivity contribution in [2.75, 3.05) is 30.5 Å². The van der Waals surface area contributed by atoms with E-state index in [1.807, 2.05) is 30.3 Å². The van der Waals surface area contributed by atoms with Gasteiger partial charge >= 0.3 is 0 Å². The second kappa shape index (κ2) is 8.11. The summed E-state index contributed by atoms with van der Waals surface area (Å²) in [6.45, 7) is 0.948. The molecule has 2 aliphatic heterocycles. The van der Waals surface area contributed by atoms with Crippen LogP contribution in [0, 0.1) is 0 Å². The van der Waals surface area contributed by atoms with Crippen molar-refractivity contribution in [3.8, 4) is 17.2 Å². The Hall–Kier alpha value is -4.26. The monoisotopic (exact) mass is 428 g/mol. The van der Waals surface area contributed by atoms with Gasteiger partial charge in [-0.1, -0.05) is 30.3 Å². The van der Waals surface area contributed by atoms with Gasteiger partial charge in [-0.15, -0.1) is 0 Å². The van der Waals surface area contributed by atoms with Crippen LogP contribution in [0.25, 0.3) is 5.57 Å². The lowest BCUT2D eigenvalue weighted by molar-refractivity contribution is -0.120. The highest BCUT2D eigenvalue weighted by atomic mass is 16.6. The largest absolute Gasteiger partial charge is 0.497 e. The van der Waals surface area contributed by atoms with Gasteiger partial charge in [0, 0.05) is 11.8 Å². The fourth-order valence-corrected chi connectivity index (χ4v) is 3.75. The topological polar surface area (TPSA) is 77.1 Å². The molecule has 0 radical (unpaired) electrons. The quantitative estimate of drug-likeness (QED) is 0.622. The Bertz CT molecular complexity index is 1220. The molecular formula is C25H20N2O5. The molecule has 0 saturated heterocycles. The minimum Gasteiger partial charge on any atom is -0.497 e. The third-order valence-corrected chi connectivity index (χ3v) is 5.29. The van der Waals surface area contributed by atoms with E-state index >= 15 is 0 Å². The number of anilines is 2. The highest BCUT2D eigenvalue weighted by molar-refractivity contribution is 6.46. The fourth-order valence-electron chi connectivity index (χ4n) is 3.75. The highest BCUT2D eigenvalue weighted by Gasteiger charge is 2.40. The van der Waals surface area contributed by atoms with Crippen LogP contribution in [0.2, 0.25) is 0 Å². The van der Waals surface area contributed by atoms with Crippen molar-refractivity contribution in [1.82, 2.24) is 0 Å². The molecular weight excluding hydrogens is 408 g/mol. The molecule has 0 spiro atoms. The van der Waals surface area contributed by atoms with E-state index < -0.39 is 11.8 Å². The summed E-state index contributed by atoms with van der Waals surface area (Å²) in [4.78, 5) is 28.0. The summed E-state index contributed by atoms with van der Waals surface area (Å²) >= 11 is 0. The van der Waals surface area contributed by atoms with Crippen LogP contribution < -0.4 is 24.4 Å². The number of fused-ring (bicyclic) bond motifs is 1. The SMILES string of the molecule is COc1ccc(N2C(=O)C(Nc3ccc4c(c3)OCCO4)=C(c3ccccc3)C2=O)cc1. The predicted molar refractivity (Wildman–Crippen MR) is 120 cm³/mol. The molecule has 0 fully saturated rings. The van der Waals surface area contributed by atoms with Crippen LogP contribution in [0.3, 0.4) is 0 Å². The summed E-state index contributed by atoms with van der Waals surface area (Å²) in [5.41, 5.74) is 2.25. The second-order valence-electron chi connectivity index (χ2n) is 7.24. The van der Waals surface area contributed by atoms with E-state index in [0.717, 1.165) is 0 Å². The molecule has 2 aliphatic rings. The van der Waals surface area contributed by atoms with E-state index in [0.29, 0.717) is 53.0 Å². The average molecular weight is 428 g/mol. The van der Waals surface area contributed by atoms with Crippen LogP contribution in [-0.2, 0) is 9.59 Å². The Morgan fingerprint density at radius 2 is 1.56 bits per heavy atom. The Morgan fingerprint density at radius 3 is 2.28 bits per heavy atom. The zero-order valence-corrected chi connectivity index (χ0v) is 17.3. The van der Waals surface area contributed by atoms with Gasteiger partial charge in [-0.2, -0.15) is 0 Å². The first kappa shape index (κ1) is 19.7. The summed E-state index contributed by atoms with van der Waals surface area (Å²) in [5.74, 6) is 1.04. The fraction of sp³-hybridized carbons (Fsp3) is 0.120. The third-order valence-electron chi connectivity index (χ3n) is 5.29. The molecule has 0 saturated carbocycles. The van der Waals surface area contributed by atoms with E-state index in [2.05, 4.69) is 5.32 Å². The van der Waals surface area contributed by atoms with E-state index in [4.69, 9.17) is 14.2 Å². The minimum atomic E-state index is -0.436. The smallest absolute Gasteiger partial charge is 0.282 e. The maximum atomic E-state index is 13.4. The number of rotatable bonds is 5.